The SMILES string of the molecule is CC(C)N(C)S(=O)(=O)Nc1c(Cl)cc(S(N)(=O)=O)cc1Cl. The molecule has 0 fully saturated rings. The van der Waals surface area contributed by atoms with Gasteiger partial charge in [0.2, 0.25) is 10.0 Å². The van der Waals surface area contributed by atoms with Crippen LogP contribution in [0.15, 0.2) is 17.0 Å². The van der Waals surface area contributed by atoms with Crippen LogP contribution >= 0.6 is 23.2 Å². The Morgan fingerprint density at radius 1 is 1.14 bits per heavy atom. The normalized spacial score (nSPS) is 13.0. The summed E-state index contributed by atoms with van der Waals surface area (Å²) in [4.78, 5) is -0.308. The van der Waals surface area contributed by atoms with E-state index in [0.717, 1.165) is 16.4 Å². The molecule has 1 rings (SSSR count). The summed E-state index contributed by atoms with van der Waals surface area (Å²) in [5, 5.41) is 4.62. The van der Waals surface area contributed by atoms with Crippen LogP contribution in [0.5, 0.6) is 0 Å². The summed E-state index contributed by atoms with van der Waals surface area (Å²) in [6, 6.07) is 1.76. The van der Waals surface area contributed by atoms with Gasteiger partial charge in [0.1, 0.15) is 0 Å². The number of benzene rings is 1. The van der Waals surface area contributed by atoms with E-state index >= 15 is 0 Å². The lowest BCUT2D eigenvalue weighted by Gasteiger charge is -2.22. The Morgan fingerprint density at radius 3 is 1.90 bits per heavy atom. The summed E-state index contributed by atoms with van der Waals surface area (Å²) in [5.74, 6) is 0. The zero-order valence-corrected chi connectivity index (χ0v) is 14.6. The number of nitrogens with two attached hydrogens (primary N) is 1. The summed E-state index contributed by atoms with van der Waals surface area (Å²) in [5.41, 5.74) is -0.113. The Morgan fingerprint density at radius 2 is 1.57 bits per heavy atom. The summed E-state index contributed by atoms with van der Waals surface area (Å²) in [6.07, 6.45) is 0. The molecule has 0 bridgehead atoms. The maximum atomic E-state index is 12.1. The molecule has 0 amide bonds. The highest BCUT2D eigenvalue weighted by molar-refractivity contribution is 7.90. The molecule has 0 saturated carbocycles. The van der Waals surface area contributed by atoms with Crippen molar-refractivity contribution in [3.8, 4) is 0 Å². The summed E-state index contributed by atoms with van der Waals surface area (Å²) < 4.78 is 49.9. The molecule has 7 nitrogen and oxygen atoms in total. The van der Waals surface area contributed by atoms with Crippen molar-refractivity contribution < 1.29 is 16.8 Å². The average Bonchev–Trinajstić information content (AvgIpc) is 2.31. The fourth-order valence-corrected chi connectivity index (χ4v) is 3.85. The Hall–Kier alpha value is -0.580. The number of primary sulfonamides is 1. The highest BCUT2D eigenvalue weighted by Gasteiger charge is 2.24. The Labute approximate surface area is 134 Å². The first-order valence-corrected chi connectivity index (χ1v) is 9.38. The van der Waals surface area contributed by atoms with Crippen molar-refractivity contribution in [1.82, 2.24) is 4.31 Å². The first-order chi connectivity index (χ1) is 9.36. The van der Waals surface area contributed by atoms with E-state index in [-0.39, 0.29) is 26.7 Å². The van der Waals surface area contributed by atoms with Crippen LogP contribution in [0.25, 0.3) is 0 Å². The van der Waals surface area contributed by atoms with Gasteiger partial charge in [0.25, 0.3) is 0 Å². The number of rotatable bonds is 5. The third kappa shape index (κ3) is 4.44. The van der Waals surface area contributed by atoms with Gasteiger partial charge in [0.15, 0.2) is 0 Å². The molecule has 0 saturated heterocycles. The van der Waals surface area contributed by atoms with Crippen LogP contribution in [0.2, 0.25) is 10.0 Å². The maximum absolute atomic E-state index is 12.1. The van der Waals surface area contributed by atoms with E-state index in [1.54, 1.807) is 13.8 Å². The summed E-state index contributed by atoms with van der Waals surface area (Å²) in [7, 11) is -6.48. The molecule has 0 aliphatic rings. The van der Waals surface area contributed by atoms with Crippen LogP contribution in [0.1, 0.15) is 13.8 Å². The van der Waals surface area contributed by atoms with Gasteiger partial charge in [-0.25, -0.2) is 13.6 Å². The van der Waals surface area contributed by atoms with E-state index in [1.165, 1.54) is 7.05 Å². The largest absolute Gasteiger partial charge is 0.301 e. The minimum absolute atomic E-state index is 0.113. The lowest BCUT2D eigenvalue weighted by atomic mass is 10.3. The van der Waals surface area contributed by atoms with Crippen molar-refractivity contribution in [3.63, 3.8) is 0 Å². The molecule has 21 heavy (non-hydrogen) atoms. The van der Waals surface area contributed by atoms with Crippen LogP contribution in [0, 0.1) is 0 Å². The van der Waals surface area contributed by atoms with E-state index in [2.05, 4.69) is 4.72 Å². The number of hydrogen-bond donors (Lipinski definition) is 2. The van der Waals surface area contributed by atoms with Gasteiger partial charge in [-0.3, -0.25) is 4.72 Å². The lowest BCUT2D eigenvalue weighted by Crippen LogP contribution is -2.37. The predicted octanol–water partition coefficient (Wildman–Crippen LogP) is 1.64. The number of halogens is 2. The van der Waals surface area contributed by atoms with Crippen LogP contribution in [0.3, 0.4) is 0 Å². The zero-order chi connectivity index (χ0) is 16.6. The summed E-state index contributed by atoms with van der Waals surface area (Å²) in [6.45, 7) is 3.37. The Balaban J connectivity index is 3.29. The second-order valence-electron chi connectivity index (χ2n) is 4.52. The molecule has 11 heteroatoms. The van der Waals surface area contributed by atoms with Gasteiger partial charge in [0.05, 0.1) is 20.6 Å². The van der Waals surface area contributed by atoms with Gasteiger partial charge in [-0.2, -0.15) is 12.7 Å². The first kappa shape index (κ1) is 18.5. The van der Waals surface area contributed by atoms with Crippen LogP contribution in [0.4, 0.5) is 5.69 Å². The fraction of sp³-hybridized carbons (Fsp3) is 0.400. The van der Waals surface area contributed by atoms with Crippen molar-refractivity contribution in [2.24, 2.45) is 5.14 Å². The van der Waals surface area contributed by atoms with E-state index < -0.39 is 20.2 Å². The van der Waals surface area contributed by atoms with Crippen molar-refractivity contribution in [2.75, 3.05) is 11.8 Å². The molecule has 0 spiro atoms. The highest BCUT2D eigenvalue weighted by Crippen LogP contribution is 2.34. The molecule has 1 aromatic carbocycles. The third-order valence-electron chi connectivity index (χ3n) is 2.68. The summed E-state index contributed by atoms with van der Waals surface area (Å²) >= 11 is 11.8. The molecule has 120 valence electrons. The van der Waals surface area contributed by atoms with Gasteiger partial charge < -0.3 is 0 Å². The molecule has 0 unspecified atom stereocenters. The quantitative estimate of drug-likeness (QED) is 0.814. The lowest BCUT2D eigenvalue weighted by molar-refractivity contribution is 0.414. The Bertz CT molecular complexity index is 725. The molecule has 0 heterocycles. The van der Waals surface area contributed by atoms with Crippen molar-refractivity contribution in [1.29, 1.82) is 0 Å². The minimum Gasteiger partial charge on any atom is -0.268 e. The fourth-order valence-electron chi connectivity index (χ4n) is 1.29. The zero-order valence-electron chi connectivity index (χ0n) is 11.5. The van der Waals surface area contributed by atoms with Crippen LogP contribution < -0.4 is 9.86 Å². The van der Waals surface area contributed by atoms with E-state index in [1.807, 2.05) is 0 Å². The van der Waals surface area contributed by atoms with Crippen molar-refractivity contribution in [3.05, 3.63) is 22.2 Å². The van der Waals surface area contributed by atoms with Gasteiger partial charge in [0, 0.05) is 13.1 Å². The van der Waals surface area contributed by atoms with E-state index in [0.29, 0.717) is 0 Å². The van der Waals surface area contributed by atoms with Crippen molar-refractivity contribution in [2.45, 2.75) is 24.8 Å². The van der Waals surface area contributed by atoms with Gasteiger partial charge in [-0.05, 0) is 26.0 Å². The highest BCUT2D eigenvalue weighted by atomic mass is 35.5. The molecular formula is C10H15Cl2N3O4S2. The van der Waals surface area contributed by atoms with Gasteiger partial charge in [-0.1, -0.05) is 23.2 Å². The van der Waals surface area contributed by atoms with Crippen LogP contribution in [-0.2, 0) is 20.2 Å². The monoisotopic (exact) mass is 375 g/mol. The smallest absolute Gasteiger partial charge is 0.268 e. The maximum Gasteiger partial charge on any atom is 0.301 e. The molecule has 3 N–H and O–H groups in total. The molecule has 0 aromatic heterocycles. The van der Waals surface area contributed by atoms with Gasteiger partial charge >= 0.3 is 10.2 Å². The number of anilines is 1. The van der Waals surface area contributed by atoms with Gasteiger partial charge in [-0.15, -0.1) is 0 Å². The molecule has 1 aromatic rings. The molecular weight excluding hydrogens is 361 g/mol. The number of nitrogens with one attached hydrogen (secondary N) is 1. The topological polar surface area (TPSA) is 110 Å². The molecule has 0 radical (unpaired) electrons. The number of nitrogens with zero attached hydrogens (tertiary/aromatic N) is 1. The van der Waals surface area contributed by atoms with E-state index in [4.69, 9.17) is 28.3 Å². The van der Waals surface area contributed by atoms with E-state index in [9.17, 15) is 16.8 Å². The molecule has 0 aliphatic carbocycles. The Kier molecular flexibility index (Phi) is 5.51. The number of hydrogen-bond acceptors (Lipinski definition) is 4. The third-order valence-corrected chi connectivity index (χ3v) is 5.81. The first-order valence-electron chi connectivity index (χ1n) is 5.64. The molecule has 0 atom stereocenters. The predicted molar refractivity (Wildman–Crippen MR) is 83.3 cm³/mol. The van der Waals surface area contributed by atoms with Crippen LogP contribution in [-0.4, -0.2) is 34.2 Å². The second kappa shape index (κ2) is 6.27. The van der Waals surface area contributed by atoms with Crippen molar-refractivity contribution >= 4 is 49.1 Å². The molecule has 0 aliphatic heterocycles. The number of sulfonamides is 1. The standard InChI is InChI=1S/C10H15Cl2N3O4S2/c1-6(2)15(3)21(18,19)14-10-8(11)4-7(5-9(10)12)20(13,16)17/h4-6,14H,1-3H3,(H2,13,16,17). The second-order valence-corrected chi connectivity index (χ2v) is 8.63. The minimum atomic E-state index is -3.99. The average molecular weight is 376 g/mol.